The highest BCUT2D eigenvalue weighted by Gasteiger charge is 2.08. The highest BCUT2D eigenvalue weighted by atomic mass is 16.1. The van der Waals surface area contributed by atoms with Gasteiger partial charge in [-0.2, -0.15) is 5.10 Å². The Morgan fingerprint density at radius 1 is 1.29 bits per heavy atom. The number of carbonyl (C=O) groups excluding carboxylic acids is 1. The van der Waals surface area contributed by atoms with Gasteiger partial charge in [0.1, 0.15) is 11.6 Å². The molecule has 0 saturated heterocycles. The third kappa shape index (κ3) is 3.87. The first-order valence-electron chi connectivity index (χ1n) is 7.99. The van der Waals surface area contributed by atoms with E-state index in [9.17, 15) is 4.79 Å². The van der Waals surface area contributed by atoms with Crippen LogP contribution in [-0.2, 0) is 24.3 Å². The quantitative estimate of drug-likeness (QED) is 0.695. The molecule has 3 rings (SSSR count). The monoisotopic (exact) mass is 324 g/mol. The Bertz CT molecular complexity index is 792. The number of aryl methyl sites for hydroxylation is 2. The number of aromatic amines is 1. The lowest BCUT2D eigenvalue weighted by Crippen LogP contribution is -2.24. The molecule has 1 amide bonds. The first kappa shape index (κ1) is 15.9. The number of hydrogen-bond donors (Lipinski definition) is 2. The largest absolute Gasteiger partial charge is 0.349 e. The Balaban J connectivity index is 1.49. The Hall–Kier alpha value is -2.96. The summed E-state index contributed by atoms with van der Waals surface area (Å²) >= 11 is 0. The zero-order chi connectivity index (χ0) is 16.8. The lowest BCUT2D eigenvalue weighted by atomic mass is 10.2. The van der Waals surface area contributed by atoms with Crippen LogP contribution in [0.4, 0.5) is 0 Å². The third-order valence-corrected chi connectivity index (χ3v) is 3.71. The molecule has 7 heteroatoms. The third-order valence-electron chi connectivity index (χ3n) is 3.71. The number of aromatic nitrogens is 5. The lowest BCUT2D eigenvalue weighted by Gasteiger charge is -2.06. The molecule has 3 aromatic rings. The SMILES string of the molecule is CCc1nccn1CCC(=O)NCc1nc(-c2ccccc2)n[nH]1. The van der Waals surface area contributed by atoms with Gasteiger partial charge < -0.3 is 9.88 Å². The van der Waals surface area contributed by atoms with Crippen LogP contribution >= 0.6 is 0 Å². The summed E-state index contributed by atoms with van der Waals surface area (Å²) in [6.07, 6.45) is 4.92. The van der Waals surface area contributed by atoms with Crippen molar-refractivity contribution < 1.29 is 4.79 Å². The number of imidazole rings is 1. The van der Waals surface area contributed by atoms with Gasteiger partial charge in [-0.25, -0.2) is 9.97 Å². The molecule has 124 valence electrons. The van der Waals surface area contributed by atoms with Gasteiger partial charge in [-0.05, 0) is 0 Å². The number of nitrogens with one attached hydrogen (secondary N) is 2. The van der Waals surface area contributed by atoms with E-state index in [4.69, 9.17) is 0 Å². The fourth-order valence-electron chi connectivity index (χ4n) is 2.44. The first-order valence-corrected chi connectivity index (χ1v) is 7.99. The van der Waals surface area contributed by atoms with Crippen LogP contribution in [0.3, 0.4) is 0 Å². The molecule has 0 saturated carbocycles. The topological polar surface area (TPSA) is 88.5 Å². The van der Waals surface area contributed by atoms with E-state index in [1.165, 1.54) is 0 Å². The van der Waals surface area contributed by atoms with Gasteiger partial charge in [0.2, 0.25) is 5.91 Å². The summed E-state index contributed by atoms with van der Waals surface area (Å²) < 4.78 is 2.00. The van der Waals surface area contributed by atoms with Gasteiger partial charge in [-0.1, -0.05) is 37.3 Å². The van der Waals surface area contributed by atoms with Crippen molar-refractivity contribution in [2.24, 2.45) is 0 Å². The molecule has 0 aliphatic heterocycles. The van der Waals surface area contributed by atoms with Crippen LogP contribution in [0.25, 0.3) is 11.4 Å². The van der Waals surface area contributed by atoms with E-state index in [0.717, 1.165) is 17.8 Å². The van der Waals surface area contributed by atoms with Crippen molar-refractivity contribution in [3.8, 4) is 11.4 Å². The minimum atomic E-state index is -0.0246. The smallest absolute Gasteiger partial charge is 0.222 e. The highest BCUT2D eigenvalue weighted by molar-refractivity contribution is 5.75. The van der Waals surface area contributed by atoms with Gasteiger partial charge >= 0.3 is 0 Å². The highest BCUT2D eigenvalue weighted by Crippen LogP contribution is 2.13. The number of H-pyrrole nitrogens is 1. The number of amides is 1. The first-order chi connectivity index (χ1) is 11.8. The van der Waals surface area contributed by atoms with E-state index < -0.39 is 0 Å². The molecule has 0 aliphatic rings. The van der Waals surface area contributed by atoms with Gasteiger partial charge in [0.15, 0.2) is 5.82 Å². The van der Waals surface area contributed by atoms with Crippen LogP contribution in [0, 0.1) is 0 Å². The van der Waals surface area contributed by atoms with Crippen LogP contribution < -0.4 is 5.32 Å². The fraction of sp³-hybridized carbons (Fsp3) is 0.294. The maximum atomic E-state index is 12.0. The van der Waals surface area contributed by atoms with Gasteiger partial charge in [0.05, 0.1) is 6.54 Å². The molecule has 0 radical (unpaired) electrons. The molecular formula is C17H20N6O. The summed E-state index contributed by atoms with van der Waals surface area (Å²) in [5.74, 6) is 2.24. The zero-order valence-electron chi connectivity index (χ0n) is 13.6. The molecule has 0 bridgehead atoms. The van der Waals surface area contributed by atoms with Crippen molar-refractivity contribution in [1.29, 1.82) is 0 Å². The molecule has 1 aromatic carbocycles. The molecule has 2 heterocycles. The number of carbonyl (C=O) groups is 1. The Kier molecular flexibility index (Phi) is 5.00. The van der Waals surface area contributed by atoms with Gasteiger partial charge in [-0.3, -0.25) is 9.89 Å². The van der Waals surface area contributed by atoms with E-state index in [-0.39, 0.29) is 5.91 Å². The van der Waals surface area contributed by atoms with Gasteiger partial charge in [0, 0.05) is 37.3 Å². The number of hydrogen-bond acceptors (Lipinski definition) is 4. The van der Waals surface area contributed by atoms with Crippen molar-refractivity contribution in [2.75, 3.05) is 0 Å². The van der Waals surface area contributed by atoms with Crippen LogP contribution in [-0.4, -0.2) is 30.6 Å². The second-order valence-electron chi connectivity index (χ2n) is 5.39. The molecule has 0 aliphatic carbocycles. The van der Waals surface area contributed by atoms with Gasteiger partial charge in [0.25, 0.3) is 0 Å². The van der Waals surface area contributed by atoms with Crippen LogP contribution in [0.15, 0.2) is 42.7 Å². The summed E-state index contributed by atoms with van der Waals surface area (Å²) in [5.41, 5.74) is 0.943. The minimum Gasteiger partial charge on any atom is -0.349 e. The molecular weight excluding hydrogens is 304 g/mol. The van der Waals surface area contributed by atoms with Crippen LogP contribution in [0.5, 0.6) is 0 Å². The molecule has 7 nitrogen and oxygen atoms in total. The standard InChI is InChI=1S/C17H20N6O/c1-2-15-18-9-11-23(15)10-8-16(24)19-12-14-20-17(22-21-14)13-6-4-3-5-7-13/h3-7,9,11H,2,8,10,12H2,1H3,(H,19,24)(H,20,21,22). The molecule has 0 fully saturated rings. The van der Waals surface area contributed by atoms with E-state index >= 15 is 0 Å². The average Bonchev–Trinajstić information content (AvgIpc) is 3.28. The maximum Gasteiger partial charge on any atom is 0.222 e. The predicted molar refractivity (Wildman–Crippen MR) is 89.9 cm³/mol. The number of rotatable bonds is 7. The second kappa shape index (κ2) is 7.54. The molecule has 24 heavy (non-hydrogen) atoms. The van der Waals surface area contributed by atoms with Crippen molar-refractivity contribution in [3.05, 3.63) is 54.4 Å². The molecule has 0 unspecified atom stereocenters. The van der Waals surface area contributed by atoms with E-state index in [2.05, 4.69) is 25.5 Å². The number of benzene rings is 1. The normalized spacial score (nSPS) is 10.7. The summed E-state index contributed by atoms with van der Waals surface area (Å²) in [6.45, 7) is 3.01. The van der Waals surface area contributed by atoms with Gasteiger partial charge in [-0.15, -0.1) is 0 Å². The average molecular weight is 324 g/mol. The Labute approximate surface area is 140 Å². The van der Waals surface area contributed by atoms with E-state index in [0.29, 0.717) is 31.2 Å². The van der Waals surface area contributed by atoms with E-state index in [1.807, 2.05) is 48.0 Å². The predicted octanol–water partition coefficient (Wildman–Crippen LogP) is 1.94. The molecule has 2 aromatic heterocycles. The van der Waals surface area contributed by atoms with Crippen molar-refractivity contribution >= 4 is 5.91 Å². The molecule has 2 N–H and O–H groups in total. The zero-order valence-corrected chi connectivity index (χ0v) is 13.6. The van der Waals surface area contributed by atoms with Crippen molar-refractivity contribution in [3.63, 3.8) is 0 Å². The molecule has 0 spiro atoms. The Morgan fingerprint density at radius 3 is 2.92 bits per heavy atom. The summed E-state index contributed by atoms with van der Waals surface area (Å²) in [4.78, 5) is 20.6. The lowest BCUT2D eigenvalue weighted by molar-refractivity contribution is -0.121. The summed E-state index contributed by atoms with van der Waals surface area (Å²) in [5, 5.41) is 9.89. The summed E-state index contributed by atoms with van der Waals surface area (Å²) in [7, 11) is 0. The van der Waals surface area contributed by atoms with E-state index in [1.54, 1.807) is 6.20 Å². The fourth-order valence-corrected chi connectivity index (χ4v) is 2.44. The minimum absolute atomic E-state index is 0.0246. The Morgan fingerprint density at radius 2 is 2.12 bits per heavy atom. The number of nitrogens with zero attached hydrogens (tertiary/aromatic N) is 4. The van der Waals surface area contributed by atoms with Crippen molar-refractivity contribution in [2.45, 2.75) is 32.9 Å². The molecule has 0 atom stereocenters. The van der Waals surface area contributed by atoms with Crippen LogP contribution in [0.1, 0.15) is 25.0 Å². The maximum absolute atomic E-state index is 12.0. The van der Waals surface area contributed by atoms with Crippen molar-refractivity contribution in [1.82, 2.24) is 30.0 Å². The second-order valence-corrected chi connectivity index (χ2v) is 5.39. The summed E-state index contributed by atoms with van der Waals surface area (Å²) in [6, 6.07) is 9.72. The van der Waals surface area contributed by atoms with Crippen LogP contribution in [0.2, 0.25) is 0 Å².